The summed E-state index contributed by atoms with van der Waals surface area (Å²) in [5.41, 5.74) is 5.99. The number of nitrogens with zero attached hydrogens (tertiary/aromatic N) is 2. The van der Waals surface area contributed by atoms with E-state index in [2.05, 4.69) is 0 Å². The van der Waals surface area contributed by atoms with Gasteiger partial charge in [0.1, 0.15) is 5.69 Å². The number of anilines is 1. The van der Waals surface area contributed by atoms with Gasteiger partial charge in [-0.1, -0.05) is 31.5 Å². The molecule has 6 heteroatoms. The summed E-state index contributed by atoms with van der Waals surface area (Å²) in [5.74, 6) is 0. The quantitative estimate of drug-likeness (QED) is 0.660. The van der Waals surface area contributed by atoms with Crippen molar-refractivity contribution in [2.45, 2.75) is 13.8 Å². The van der Waals surface area contributed by atoms with E-state index < -0.39 is 4.92 Å². The molecule has 18 heavy (non-hydrogen) atoms. The lowest BCUT2D eigenvalue weighted by atomic mass is 9.93. The van der Waals surface area contributed by atoms with Crippen LogP contribution >= 0.6 is 11.6 Å². The fraction of sp³-hybridized carbons (Fsp3) is 0.500. The van der Waals surface area contributed by atoms with Crippen molar-refractivity contribution in [1.82, 2.24) is 0 Å². The molecule has 0 bridgehead atoms. The molecule has 0 unspecified atom stereocenters. The molecule has 0 atom stereocenters. The molecule has 1 aromatic rings. The summed E-state index contributed by atoms with van der Waals surface area (Å²) < 4.78 is 0. The molecule has 100 valence electrons. The Kier molecular flexibility index (Phi) is 4.53. The van der Waals surface area contributed by atoms with Gasteiger partial charge in [-0.3, -0.25) is 10.1 Å². The maximum atomic E-state index is 11.0. The van der Waals surface area contributed by atoms with Gasteiger partial charge in [-0.25, -0.2) is 0 Å². The summed E-state index contributed by atoms with van der Waals surface area (Å²) in [4.78, 5) is 12.4. The maximum Gasteiger partial charge on any atom is 0.294 e. The van der Waals surface area contributed by atoms with E-state index in [0.29, 0.717) is 23.8 Å². The van der Waals surface area contributed by atoms with Gasteiger partial charge in [-0.05, 0) is 18.0 Å². The molecule has 5 nitrogen and oxygen atoms in total. The van der Waals surface area contributed by atoms with Crippen molar-refractivity contribution in [3.63, 3.8) is 0 Å². The third kappa shape index (κ3) is 3.34. The second kappa shape index (κ2) is 5.54. The molecule has 0 saturated carbocycles. The molecule has 0 heterocycles. The van der Waals surface area contributed by atoms with Gasteiger partial charge in [0.05, 0.1) is 9.95 Å². The second-order valence-corrected chi connectivity index (χ2v) is 5.50. The minimum absolute atomic E-state index is 0.0119. The Bertz CT molecular complexity index is 449. The summed E-state index contributed by atoms with van der Waals surface area (Å²) in [6.45, 7) is 5.10. The lowest BCUT2D eigenvalue weighted by Crippen LogP contribution is -2.37. The van der Waals surface area contributed by atoms with Crippen LogP contribution in [0.2, 0.25) is 5.02 Å². The Labute approximate surface area is 112 Å². The molecule has 0 amide bonds. The first-order chi connectivity index (χ1) is 8.28. The normalized spacial score (nSPS) is 11.4. The average Bonchev–Trinajstić information content (AvgIpc) is 2.27. The minimum Gasteiger partial charge on any atom is -0.367 e. The van der Waals surface area contributed by atoms with E-state index in [9.17, 15) is 10.1 Å². The van der Waals surface area contributed by atoms with Crippen molar-refractivity contribution in [2.24, 2.45) is 11.1 Å². The Balaban J connectivity index is 3.12. The summed E-state index contributed by atoms with van der Waals surface area (Å²) >= 11 is 6.06. The van der Waals surface area contributed by atoms with Crippen LogP contribution in [0.25, 0.3) is 0 Å². The van der Waals surface area contributed by atoms with Crippen LogP contribution in [-0.4, -0.2) is 25.1 Å². The highest BCUT2D eigenvalue weighted by molar-refractivity contribution is 6.33. The van der Waals surface area contributed by atoms with Gasteiger partial charge in [0.15, 0.2) is 0 Å². The number of hydrogen-bond acceptors (Lipinski definition) is 4. The monoisotopic (exact) mass is 271 g/mol. The van der Waals surface area contributed by atoms with Crippen molar-refractivity contribution < 1.29 is 4.92 Å². The third-order valence-corrected chi connectivity index (χ3v) is 3.07. The molecule has 0 radical (unpaired) electrons. The highest BCUT2D eigenvalue weighted by Gasteiger charge is 2.25. The average molecular weight is 272 g/mol. The van der Waals surface area contributed by atoms with E-state index >= 15 is 0 Å². The maximum absolute atomic E-state index is 11.0. The molecule has 1 rings (SSSR count). The van der Waals surface area contributed by atoms with Gasteiger partial charge in [-0.2, -0.15) is 0 Å². The summed E-state index contributed by atoms with van der Waals surface area (Å²) in [6, 6.07) is 4.68. The van der Waals surface area contributed by atoms with E-state index in [4.69, 9.17) is 17.3 Å². The minimum atomic E-state index is -0.423. The smallest absolute Gasteiger partial charge is 0.294 e. The van der Waals surface area contributed by atoms with Gasteiger partial charge in [0, 0.05) is 19.7 Å². The topological polar surface area (TPSA) is 72.4 Å². The van der Waals surface area contributed by atoms with E-state index in [1.54, 1.807) is 24.1 Å². The summed E-state index contributed by atoms with van der Waals surface area (Å²) in [5, 5.41) is 11.4. The third-order valence-electron chi connectivity index (χ3n) is 2.76. The van der Waals surface area contributed by atoms with Gasteiger partial charge < -0.3 is 10.6 Å². The number of para-hydroxylation sites is 1. The highest BCUT2D eigenvalue weighted by Crippen LogP contribution is 2.35. The SMILES string of the molecule is CN(CC(C)(C)CN)c1c(Cl)cccc1[N+](=O)[O-]. The van der Waals surface area contributed by atoms with Gasteiger partial charge in [0.2, 0.25) is 0 Å². The first kappa shape index (κ1) is 14.7. The Morgan fingerprint density at radius 1 is 1.50 bits per heavy atom. The van der Waals surface area contributed by atoms with Crippen molar-refractivity contribution in [2.75, 3.05) is 25.0 Å². The summed E-state index contributed by atoms with van der Waals surface area (Å²) in [6.07, 6.45) is 0. The van der Waals surface area contributed by atoms with Crippen LogP contribution < -0.4 is 10.6 Å². The number of benzene rings is 1. The molecular weight excluding hydrogens is 254 g/mol. The van der Waals surface area contributed by atoms with E-state index in [-0.39, 0.29) is 11.1 Å². The van der Waals surface area contributed by atoms with E-state index in [1.165, 1.54) is 6.07 Å². The first-order valence-corrected chi connectivity index (χ1v) is 6.00. The zero-order valence-electron chi connectivity index (χ0n) is 10.8. The van der Waals surface area contributed by atoms with Crippen LogP contribution in [0.1, 0.15) is 13.8 Å². The molecular formula is C12H18ClN3O2. The van der Waals surface area contributed by atoms with E-state index in [0.717, 1.165) is 0 Å². The zero-order chi connectivity index (χ0) is 13.9. The van der Waals surface area contributed by atoms with Crippen LogP contribution in [0.4, 0.5) is 11.4 Å². The van der Waals surface area contributed by atoms with Gasteiger partial charge in [-0.15, -0.1) is 0 Å². The summed E-state index contributed by atoms with van der Waals surface area (Å²) in [7, 11) is 1.78. The van der Waals surface area contributed by atoms with Crippen LogP contribution in [0.3, 0.4) is 0 Å². The molecule has 2 N–H and O–H groups in total. The first-order valence-electron chi connectivity index (χ1n) is 5.62. The van der Waals surface area contributed by atoms with E-state index in [1.807, 2.05) is 13.8 Å². The van der Waals surface area contributed by atoms with Crippen LogP contribution in [0.15, 0.2) is 18.2 Å². The molecule has 1 aromatic carbocycles. The highest BCUT2D eigenvalue weighted by atomic mass is 35.5. The largest absolute Gasteiger partial charge is 0.367 e. The number of nitrogens with two attached hydrogens (primary N) is 1. The molecule has 0 aliphatic heterocycles. The van der Waals surface area contributed by atoms with Crippen LogP contribution in [0.5, 0.6) is 0 Å². The zero-order valence-corrected chi connectivity index (χ0v) is 11.6. The molecule has 0 aromatic heterocycles. The fourth-order valence-electron chi connectivity index (χ4n) is 1.81. The number of rotatable bonds is 5. The Morgan fingerprint density at radius 2 is 2.11 bits per heavy atom. The van der Waals surface area contributed by atoms with Crippen molar-refractivity contribution in [3.8, 4) is 0 Å². The lowest BCUT2D eigenvalue weighted by Gasteiger charge is -2.30. The number of nitro benzene ring substituents is 1. The number of hydrogen-bond donors (Lipinski definition) is 1. The lowest BCUT2D eigenvalue weighted by molar-refractivity contribution is -0.384. The molecule has 0 saturated heterocycles. The van der Waals surface area contributed by atoms with Crippen molar-refractivity contribution in [1.29, 1.82) is 0 Å². The van der Waals surface area contributed by atoms with Crippen molar-refractivity contribution in [3.05, 3.63) is 33.3 Å². The predicted octanol–water partition coefficient (Wildman–Crippen LogP) is 2.67. The Morgan fingerprint density at radius 3 is 2.61 bits per heavy atom. The molecule has 0 spiro atoms. The number of halogens is 1. The van der Waals surface area contributed by atoms with Crippen LogP contribution in [-0.2, 0) is 0 Å². The van der Waals surface area contributed by atoms with Gasteiger partial charge in [0.25, 0.3) is 5.69 Å². The predicted molar refractivity (Wildman–Crippen MR) is 74.2 cm³/mol. The molecule has 0 aliphatic carbocycles. The fourth-order valence-corrected chi connectivity index (χ4v) is 2.13. The standard InChI is InChI=1S/C12H18ClN3O2/c1-12(2,7-14)8-15(3)11-9(13)5-4-6-10(11)16(17)18/h4-6H,7-8,14H2,1-3H3. The van der Waals surface area contributed by atoms with Crippen molar-refractivity contribution >= 4 is 23.0 Å². The molecule has 0 aliphatic rings. The molecule has 0 fully saturated rings. The second-order valence-electron chi connectivity index (χ2n) is 5.09. The Hall–Kier alpha value is -1.33. The number of nitro groups is 1. The van der Waals surface area contributed by atoms with Gasteiger partial charge >= 0.3 is 0 Å². The van der Waals surface area contributed by atoms with Crippen LogP contribution in [0, 0.1) is 15.5 Å².